The Labute approximate surface area is 94.2 Å². The molecule has 1 saturated heterocycles. The smallest absolute Gasteiger partial charge is 0.254 e. The molecular formula is C9H15NO2S2. The van der Waals surface area contributed by atoms with Gasteiger partial charge < -0.3 is 4.74 Å². The molecule has 1 amide bonds. The second-order valence-electron chi connectivity index (χ2n) is 3.59. The maximum Gasteiger partial charge on any atom is 0.254 e. The summed E-state index contributed by atoms with van der Waals surface area (Å²) in [5.41, 5.74) is 0. The van der Waals surface area contributed by atoms with Gasteiger partial charge in [-0.3, -0.25) is 9.69 Å². The van der Waals surface area contributed by atoms with E-state index >= 15 is 0 Å². The van der Waals surface area contributed by atoms with E-state index in [-0.39, 0.29) is 18.6 Å². The van der Waals surface area contributed by atoms with Crippen molar-refractivity contribution in [1.29, 1.82) is 0 Å². The number of carbonyl (C=O) groups excluding carboxylic acids is 1. The van der Waals surface area contributed by atoms with Crippen LogP contribution in [0, 0.1) is 5.92 Å². The first-order valence-corrected chi connectivity index (χ1v) is 5.95. The molecule has 0 aliphatic carbocycles. The zero-order chi connectivity index (χ0) is 10.7. The topological polar surface area (TPSA) is 29.5 Å². The maximum atomic E-state index is 11.7. The number of nitrogens with zero attached hydrogens (tertiary/aromatic N) is 1. The molecule has 0 radical (unpaired) electrons. The third-order valence-electron chi connectivity index (χ3n) is 2.21. The van der Waals surface area contributed by atoms with Crippen LogP contribution in [-0.2, 0) is 9.53 Å². The van der Waals surface area contributed by atoms with Crippen molar-refractivity contribution in [3.63, 3.8) is 0 Å². The highest BCUT2D eigenvalue weighted by atomic mass is 32.2. The van der Waals surface area contributed by atoms with Gasteiger partial charge in [0.2, 0.25) is 0 Å². The third kappa shape index (κ3) is 2.46. The predicted molar refractivity (Wildman–Crippen MR) is 62.4 cm³/mol. The quantitative estimate of drug-likeness (QED) is 0.691. The van der Waals surface area contributed by atoms with Crippen LogP contribution in [0.5, 0.6) is 0 Å². The monoisotopic (exact) mass is 233 g/mol. The standard InChI is InChI=1S/C9H15NO2S2/c1-6(2)7-5-14-9(13)10(7)8(11)4-12-3/h6-7H,4-5H2,1-3H3/t7-/m1/s1. The van der Waals surface area contributed by atoms with Crippen LogP contribution in [0.2, 0.25) is 0 Å². The fourth-order valence-corrected chi connectivity index (χ4v) is 3.07. The lowest BCUT2D eigenvalue weighted by molar-refractivity contribution is -0.132. The highest BCUT2D eigenvalue weighted by molar-refractivity contribution is 8.23. The molecule has 1 atom stereocenters. The summed E-state index contributed by atoms with van der Waals surface area (Å²) < 4.78 is 5.52. The largest absolute Gasteiger partial charge is 0.375 e. The van der Waals surface area contributed by atoms with Gasteiger partial charge in [0.05, 0.1) is 6.04 Å². The van der Waals surface area contributed by atoms with Crippen LogP contribution in [0.1, 0.15) is 13.8 Å². The summed E-state index contributed by atoms with van der Waals surface area (Å²) in [5.74, 6) is 1.32. The molecule has 0 spiro atoms. The maximum absolute atomic E-state index is 11.7. The second-order valence-corrected chi connectivity index (χ2v) is 5.24. The first kappa shape index (κ1) is 11.9. The SMILES string of the molecule is COCC(=O)N1C(=S)SC[C@@H]1C(C)C. The normalized spacial score (nSPS) is 22.1. The van der Waals surface area contributed by atoms with E-state index in [4.69, 9.17) is 17.0 Å². The second kappa shape index (κ2) is 5.09. The van der Waals surface area contributed by atoms with Gasteiger partial charge in [-0.1, -0.05) is 37.8 Å². The van der Waals surface area contributed by atoms with E-state index in [1.54, 1.807) is 16.7 Å². The number of rotatable bonds is 3. The van der Waals surface area contributed by atoms with Crippen molar-refractivity contribution in [3.8, 4) is 0 Å². The summed E-state index contributed by atoms with van der Waals surface area (Å²) in [6.07, 6.45) is 0. The Balaban J connectivity index is 2.71. The van der Waals surface area contributed by atoms with Crippen LogP contribution in [0.15, 0.2) is 0 Å². The third-order valence-corrected chi connectivity index (χ3v) is 3.71. The summed E-state index contributed by atoms with van der Waals surface area (Å²) in [5, 5.41) is 0. The first-order valence-electron chi connectivity index (χ1n) is 4.55. The van der Waals surface area contributed by atoms with E-state index in [2.05, 4.69) is 13.8 Å². The van der Waals surface area contributed by atoms with Gasteiger partial charge in [-0.05, 0) is 5.92 Å². The molecule has 80 valence electrons. The Hall–Kier alpha value is -0.130. The summed E-state index contributed by atoms with van der Waals surface area (Å²) in [6, 6.07) is 0.232. The zero-order valence-electron chi connectivity index (χ0n) is 8.65. The molecule has 0 aromatic heterocycles. The fraction of sp³-hybridized carbons (Fsp3) is 0.778. The Morgan fingerprint density at radius 1 is 1.79 bits per heavy atom. The summed E-state index contributed by atoms with van der Waals surface area (Å²) in [6.45, 7) is 4.32. The molecule has 5 heteroatoms. The summed E-state index contributed by atoms with van der Waals surface area (Å²) in [4.78, 5) is 13.4. The summed E-state index contributed by atoms with van der Waals surface area (Å²) >= 11 is 6.72. The lowest BCUT2D eigenvalue weighted by atomic mass is 10.1. The number of hydrogen-bond acceptors (Lipinski definition) is 4. The molecule has 0 N–H and O–H groups in total. The average molecular weight is 233 g/mol. The number of amides is 1. The van der Waals surface area contributed by atoms with Crippen LogP contribution in [0.4, 0.5) is 0 Å². The molecule has 1 aliphatic heterocycles. The molecule has 0 saturated carbocycles. The van der Waals surface area contributed by atoms with Crippen molar-refractivity contribution in [3.05, 3.63) is 0 Å². The molecule has 0 unspecified atom stereocenters. The lowest BCUT2D eigenvalue weighted by Crippen LogP contribution is -2.43. The van der Waals surface area contributed by atoms with Gasteiger partial charge in [0.15, 0.2) is 0 Å². The van der Waals surface area contributed by atoms with Crippen LogP contribution in [-0.4, -0.2) is 40.6 Å². The highest BCUT2D eigenvalue weighted by Gasteiger charge is 2.35. The number of ether oxygens (including phenoxy) is 1. The molecule has 0 aromatic rings. The number of methoxy groups -OCH3 is 1. The van der Waals surface area contributed by atoms with Crippen molar-refractivity contribution in [2.45, 2.75) is 19.9 Å². The van der Waals surface area contributed by atoms with E-state index in [1.165, 1.54) is 7.11 Å². The van der Waals surface area contributed by atoms with Crippen molar-refractivity contribution >= 4 is 34.2 Å². The van der Waals surface area contributed by atoms with Gasteiger partial charge >= 0.3 is 0 Å². The van der Waals surface area contributed by atoms with E-state index in [0.29, 0.717) is 10.2 Å². The van der Waals surface area contributed by atoms with Gasteiger partial charge in [-0.15, -0.1) is 0 Å². The highest BCUT2D eigenvalue weighted by Crippen LogP contribution is 2.28. The Kier molecular flexibility index (Phi) is 4.34. The average Bonchev–Trinajstić information content (AvgIpc) is 2.47. The molecule has 1 aliphatic rings. The van der Waals surface area contributed by atoms with Crippen LogP contribution >= 0.6 is 24.0 Å². The van der Waals surface area contributed by atoms with Gasteiger partial charge in [-0.2, -0.15) is 0 Å². The molecule has 1 rings (SSSR count). The predicted octanol–water partition coefficient (Wildman–Crippen LogP) is 1.52. The van der Waals surface area contributed by atoms with Gasteiger partial charge in [-0.25, -0.2) is 0 Å². The zero-order valence-corrected chi connectivity index (χ0v) is 10.3. The van der Waals surface area contributed by atoms with Crippen LogP contribution in [0.25, 0.3) is 0 Å². The molecule has 1 fully saturated rings. The number of thiocarbonyl (C=S) groups is 1. The van der Waals surface area contributed by atoms with Crippen molar-refractivity contribution < 1.29 is 9.53 Å². The first-order chi connectivity index (χ1) is 6.57. The Morgan fingerprint density at radius 2 is 2.43 bits per heavy atom. The minimum absolute atomic E-state index is 0.0267. The van der Waals surface area contributed by atoms with Gasteiger partial charge in [0.25, 0.3) is 5.91 Å². The Bertz CT molecular complexity index is 243. The van der Waals surface area contributed by atoms with E-state index in [0.717, 1.165) is 5.75 Å². The molecule has 3 nitrogen and oxygen atoms in total. The van der Waals surface area contributed by atoms with Gasteiger partial charge in [0, 0.05) is 12.9 Å². The van der Waals surface area contributed by atoms with Gasteiger partial charge in [0.1, 0.15) is 10.9 Å². The molecular weight excluding hydrogens is 218 g/mol. The number of carbonyl (C=O) groups is 1. The molecule has 14 heavy (non-hydrogen) atoms. The van der Waals surface area contributed by atoms with E-state index in [9.17, 15) is 4.79 Å². The van der Waals surface area contributed by atoms with Crippen LogP contribution < -0.4 is 0 Å². The molecule has 0 aromatic carbocycles. The van der Waals surface area contributed by atoms with E-state index < -0.39 is 0 Å². The molecule has 0 bridgehead atoms. The van der Waals surface area contributed by atoms with Crippen molar-refractivity contribution in [2.75, 3.05) is 19.5 Å². The minimum Gasteiger partial charge on any atom is -0.375 e. The van der Waals surface area contributed by atoms with Crippen LogP contribution in [0.3, 0.4) is 0 Å². The fourth-order valence-electron chi connectivity index (χ4n) is 1.41. The minimum atomic E-state index is -0.0267. The number of thioether (sulfide) groups is 1. The van der Waals surface area contributed by atoms with Crippen molar-refractivity contribution in [2.24, 2.45) is 5.92 Å². The van der Waals surface area contributed by atoms with E-state index in [1.807, 2.05) is 0 Å². The summed E-state index contributed by atoms with van der Waals surface area (Å²) in [7, 11) is 1.52. The van der Waals surface area contributed by atoms with Crippen molar-refractivity contribution in [1.82, 2.24) is 4.90 Å². The number of hydrogen-bond donors (Lipinski definition) is 0. The Morgan fingerprint density at radius 3 is 2.93 bits per heavy atom. The lowest BCUT2D eigenvalue weighted by Gasteiger charge is -2.26. The molecule has 1 heterocycles.